The molecule has 1 amide bonds. The maximum Gasteiger partial charge on any atom is 0.227 e. The molecule has 0 bridgehead atoms. The van der Waals surface area contributed by atoms with E-state index in [1.165, 1.54) is 5.56 Å². The standard InChI is InChI=1S/C20H25N3O2S/c1-4-26-22(2)9-10-25-18-12-17(13-21-14-18)15-5-7-19-16(11-15)6-8-20(24)23(19)3/h5,7,11-14H,4,6,8-10H2,1-3H3. The fourth-order valence-corrected chi connectivity index (χ4v) is 3.71. The first kappa shape index (κ1) is 18.7. The molecule has 1 aliphatic rings. The van der Waals surface area contributed by atoms with Gasteiger partial charge in [0, 0.05) is 43.2 Å². The minimum atomic E-state index is 0.175. The molecule has 0 atom stereocenters. The van der Waals surface area contributed by atoms with Gasteiger partial charge in [0.1, 0.15) is 12.4 Å². The van der Waals surface area contributed by atoms with Gasteiger partial charge in [0.2, 0.25) is 5.91 Å². The van der Waals surface area contributed by atoms with Crippen molar-refractivity contribution >= 4 is 23.5 Å². The van der Waals surface area contributed by atoms with Gasteiger partial charge in [-0.2, -0.15) is 0 Å². The smallest absolute Gasteiger partial charge is 0.227 e. The second-order valence-electron chi connectivity index (χ2n) is 6.32. The maximum absolute atomic E-state index is 11.8. The number of amides is 1. The fraction of sp³-hybridized carbons (Fsp3) is 0.400. The van der Waals surface area contributed by atoms with E-state index in [1.807, 2.05) is 31.4 Å². The molecule has 1 aliphatic heterocycles. The van der Waals surface area contributed by atoms with Crippen LogP contribution in [-0.2, 0) is 11.2 Å². The maximum atomic E-state index is 11.8. The van der Waals surface area contributed by atoms with Crippen molar-refractivity contribution in [2.45, 2.75) is 19.8 Å². The summed E-state index contributed by atoms with van der Waals surface area (Å²) in [7, 11) is 3.91. The van der Waals surface area contributed by atoms with Crippen LogP contribution in [0.3, 0.4) is 0 Å². The molecule has 5 nitrogen and oxygen atoms in total. The van der Waals surface area contributed by atoms with Gasteiger partial charge in [-0.05, 0) is 42.8 Å². The Bertz CT molecular complexity index is 781. The molecule has 0 N–H and O–H groups in total. The number of likely N-dealkylation sites (N-methyl/N-ethyl adjacent to an activating group) is 1. The van der Waals surface area contributed by atoms with Crippen LogP contribution < -0.4 is 9.64 Å². The average molecular weight is 372 g/mol. The molecule has 0 saturated heterocycles. The highest BCUT2D eigenvalue weighted by molar-refractivity contribution is 7.96. The fourth-order valence-electron chi connectivity index (χ4n) is 3.07. The van der Waals surface area contributed by atoms with Crippen molar-refractivity contribution in [2.75, 3.05) is 37.9 Å². The lowest BCUT2D eigenvalue weighted by atomic mass is 9.97. The number of benzene rings is 1. The van der Waals surface area contributed by atoms with Crippen molar-refractivity contribution < 1.29 is 9.53 Å². The van der Waals surface area contributed by atoms with Crippen molar-refractivity contribution in [3.8, 4) is 16.9 Å². The second-order valence-corrected chi connectivity index (χ2v) is 7.78. The Kier molecular flexibility index (Phi) is 6.16. The number of hydrogen-bond acceptors (Lipinski definition) is 5. The van der Waals surface area contributed by atoms with E-state index in [9.17, 15) is 4.79 Å². The molecule has 138 valence electrons. The van der Waals surface area contributed by atoms with Gasteiger partial charge in [-0.25, -0.2) is 0 Å². The van der Waals surface area contributed by atoms with Gasteiger partial charge in [0.15, 0.2) is 0 Å². The van der Waals surface area contributed by atoms with Gasteiger partial charge in [-0.3, -0.25) is 14.1 Å². The quantitative estimate of drug-likeness (QED) is 0.696. The van der Waals surface area contributed by atoms with Crippen LogP contribution in [0.25, 0.3) is 11.1 Å². The third kappa shape index (κ3) is 4.37. The number of aromatic nitrogens is 1. The first-order valence-corrected chi connectivity index (χ1v) is 9.84. The summed E-state index contributed by atoms with van der Waals surface area (Å²) in [5, 5.41) is 0. The van der Waals surface area contributed by atoms with Crippen molar-refractivity contribution in [3.63, 3.8) is 0 Å². The first-order chi connectivity index (χ1) is 12.6. The van der Waals surface area contributed by atoms with E-state index < -0.39 is 0 Å². The summed E-state index contributed by atoms with van der Waals surface area (Å²) in [6.45, 7) is 3.63. The van der Waals surface area contributed by atoms with Crippen molar-refractivity contribution in [1.82, 2.24) is 9.29 Å². The van der Waals surface area contributed by atoms with E-state index in [1.54, 1.807) is 23.0 Å². The van der Waals surface area contributed by atoms with Crippen molar-refractivity contribution in [1.29, 1.82) is 0 Å². The molecule has 6 heteroatoms. The van der Waals surface area contributed by atoms with E-state index in [-0.39, 0.29) is 5.91 Å². The number of rotatable bonds is 7. The largest absolute Gasteiger partial charge is 0.491 e. The van der Waals surface area contributed by atoms with Gasteiger partial charge >= 0.3 is 0 Å². The van der Waals surface area contributed by atoms with Crippen LogP contribution in [0.5, 0.6) is 5.75 Å². The number of anilines is 1. The number of ether oxygens (including phenoxy) is 1. The Morgan fingerprint density at radius 3 is 2.88 bits per heavy atom. The van der Waals surface area contributed by atoms with Crippen LogP contribution in [-0.4, -0.2) is 48.2 Å². The van der Waals surface area contributed by atoms with Crippen LogP contribution in [0.1, 0.15) is 18.9 Å². The van der Waals surface area contributed by atoms with Crippen molar-refractivity contribution in [3.05, 3.63) is 42.2 Å². The number of aryl methyl sites for hydroxylation is 1. The van der Waals surface area contributed by atoms with Gasteiger partial charge < -0.3 is 9.64 Å². The number of pyridine rings is 1. The molecule has 0 aliphatic carbocycles. The zero-order chi connectivity index (χ0) is 18.5. The molecule has 0 radical (unpaired) electrons. The van der Waals surface area contributed by atoms with Crippen LogP contribution in [0.15, 0.2) is 36.7 Å². The summed E-state index contributed by atoms with van der Waals surface area (Å²) in [5.74, 6) is 2.02. The minimum absolute atomic E-state index is 0.175. The van der Waals surface area contributed by atoms with Crippen molar-refractivity contribution in [2.24, 2.45) is 0 Å². The summed E-state index contributed by atoms with van der Waals surface area (Å²) in [4.78, 5) is 17.9. The highest BCUT2D eigenvalue weighted by atomic mass is 32.2. The molecule has 1 aromatic carbocycles. The summed E-state index contributed by atoms with van der Waals surface area (Å²) in [6, 6.07) is 8.25. The lowest BCUT2D eigenvalue weighted by Crippen LogP contribution is -2.30. The third-order valence-electron chi connectivity index (χ3n) is 4.49. The first-order valence-electron chi connectivity index (χ1n) is 8.90. The van der Waals surface area contributed by atoms with Gasteiger partial charge in [0.05, 0.1) is 6.20 Å². The number of fused-ring (bicyclic) bond motifs is 1. The molecule has 26 heavy (non-hydrogen) atoms. The molecule has 0 saturated carbocycles. The van der Waals surface area contributed by atoms with Crippen LogP contribution >= 0.6 is 11.9 Å². The number of carbonyl (C=O) groups is 1. The highest BCUT2D eigenvalue weighted by Gasteiger charge is 2.21. The van der Waals surface area contributed by atoms with Gasteiger partial charge in [-0.1, -0.05) is 24.9 Å². The summed E-state index contributed by atoms with van der Waals surface area (Å²) in [6.07, 6.45) is 4.96. The minimum Gasteiger partial charge on any atom is -0.491 e. The Morgan fingerprint density at radius 2 is 2.08 bits per heavy atom. The number of nitrogens with zero attached hydrogens (tertiary/aromatic N) is 3. The average Bonchev–Trinajstić information content (AvgIpc) is 2.65. The lowest BCUT2D eigenvalue weighted by Gasteiger charge is -2.26. The molecule has 2 aromatic rings. The Hall–Kier alpha value is -2.05. The Morgan fingerprint density at radius 1 is 1.23 bits per heavy atom. The van der Waals surface area contributed by atoms with E-state index in [2.05, 4.69) is 29.3 Å². The highest BCUT2D eigenvalue weighted by Crippen LogP contribution is 2.32. The molecule has 0 spiro atoms. The molecular weight excluding hydrogens is 346 g/mol. The molecule has 0 unspecified atom stereocenters. The third-order valence-corrected chi connectivity index (χ3v) is 5.38. The normalized spacial score (nSPS) is 13.8. The van der Waals surface area contributed by atoms with Crippen LogP contribution in [0, 0.1) is 0 Å². The summed E-state index contributed by atoms with van der Waals surface area (Å²) < 4.78 is 8.04. The zero-order valence-corrected chi connectivity index (χ0v) is 16.4. The molecule has 2 heterocycles. The molecule has 3 rings (SSSR count). The predicted molar refractivity (Wildman–Crippen MR) is 108 cm³/mol. The second kappa shape index (κ2) is 8.56. The lowest BCUT2D eigenvalue weighted by molar-refractivity contribution is -0.118. The van der Waals surface area contributed by atoms with Crippen LogP contribution in [0.4, 0.5) is 5.69 Å². The van der Waals surface area contributed by atoms with E-state index >= 15 is 0 Å². The Labute approximate surface area is 159 Å². The molecule has 1 aromatic heterocycles. The SMILES string of the molecule is CCSN(C)CCOc1cncc(-c2ccc3c(c2)CCC(=O)N3C)c1. The Balaban J connectivity index is 1.71. The topological polar surface area (TPSA) is 45.7 Å². The monoisotopic (exact) mass is 371 g/mol. The number of carbonyl (C=O) groups excluding carboxylic acids is 1. The van der Waals surface area contributed by atoms with E-state index in [4.69, 9.17) is 4.74 Å². The molecule has 0 fully saturated rings. The van der Waals surface area contributed by atoms with Crippen LogP contribution in [0.2, 0.25) is 0 Å². The number of hydrogen-bond donors (Lipinski definition) is 0. The van der Waals surface area contributed by atoms with E-state index in [0.29, 0.717) is 13.0 Å². The summed E-state index contributed by atoms with van der Waals surface area (Å²) in [5.41, 5.74) is 4.33. The van der Waals surface area contributed by atoms with Gasteiger partial charge in [-0.15, -0.1) is 0 Å². The molecular formula is C20H25N3O2S. The summed E-state index contributed by atoms with van der Waals surface area (Å²) >= 11 is 1.79. The van der Waals surface area contributed by atoms with E-state index in [0.717, 1.165) is 41.3 Å². The zero-order valence-electron chi connectivity index (χ0n) is 15.6. The predicted octanol–water partition coefficient (Wildman–Crippen LogP) is 3.64. The van der Waals surface area contributed by atoms with Gasteiger partial charge in [0.25, 0.3) is 0 Å².